The van der Waals surface area contributed by atoms with Crippen LogP contribution in [0.25, 0.3) is 0 Å². The van der Waals surface area contributed by atoms with Crippen LogP contribution in [0.1, 0.15) is 40.0 Å². The molecule has 0 fully saturated rings. The van der Waals surface area contributed by atoms with Crippen LogP contribution in [0.5, 0.6) is 0 Å². The van der Waals surface area contributed by atoms with Crippen LogP contribution in [0, 0.1) is 0 Å². The zero-order valence-corrected chi connectivity index (χ0v) is 11.0. The van der Waals surface area contributed by atoms with Crippen molar-refractivity contribution in [3.05, 3.63) is 0 Å². The maximum atomic E-state index is 11.2. The molecule has 0 saturated carbocycles. The molecule has 0 aromatic rings. The molecule has 0 aliphatic rings. The van der Waals surface area contributed by atoms with Gasteiger partial charge in [-0.15, -0.1) is 0 Å². The first-order chi connectivity index (χ1) is 7.63. The fourth-order valence-corrected chi connectivity index (χ4v) is 1.27. The van der Waals surface area contributed by atoms with Crippen LogP contribution in [0.3, 0.4) is 0 Å². The summed E-state index contributed by atoms with van der Waals surface area (Å²) in [7, 11) is 2.04. The van der Waals surface area contributed by atoms with Crippen LogP contribution in [0.4, 0.5) is 4.79 Å². The Morgan fingerprint density at radius 1 is 1.25 bits per heavy atom. The Bertz CT molecular complexity index is 181. The van der Waals surface area contributed by atoms with Crippen molar-refractivity contribution in [3.8, 4) is 0 Å². The number of rotatable bonds is 8. The third kappa shape index (κ3) is 7.51. The third-order valence-corrected chi connectivity index (χ3v) is 2.62. The SMILES string of the molecule is CCC(CC)OC(=O)OCCCN(C)CC. The van der Waals surface area contributed by atoms with Crippen LogP contribution >= 0.6 is 0 Å². The van der Waals surface area contributed by atoms with E-state index in [4.69, 9.17) is 9.47 Å². The number of hydrogen-bond donors (Lipinski definition) is 0. The largest absolute Gasteiger partial charge is 0.508 e. The van der Waals surface area contributed by atoms with Gasteiger partial charge in [0.05, 0.1) is 6.61 Å². The van der Waals surface area contributed by atoms with Gasteiger partial charge in [-0.3, -0.25) is 0 Å². The standard InChI is InChI=1S/C12H25NO3/c1-5-11(6-2)16-12(14)15-10-8-9-13(4)7-3/h11H,5-10H2,1-4H3. The summed E-state index contributed by atoms with van der Waals surface area (Å²) < 4.78 is 10.1. The van der Waals surface area contributed by atoms with E-state index < -0.39 is 6.16 Å². The number of hydrogen-bond acceptors (Lipinski definition) is 4. The third-order valence-electron chi connectivity index (χ3n) is 2.62. The molecular formula is C12H25NO3. The summed E-state index contributed by atoms with van der Waals surface area (Å²) in [6, 6.07) is 0. The lowest BCUT2D eigenvalue weighted by Gasteiger charge is -2.15. The minimum atomic E-state index is -0.534. The van der Waals surface area contributed by atoms with E-state index in [2.05, 4.69) is 11.8 Å². The molecule has 16 heavy (non-hydrogen) atoms. The highest BCUT2D eigenvalue weighted by Gasteiger charge is 2.11. The van der Waals surface area contributed by atoms with Gasteiger partial charge in [0.1, 0.15) is 6.10 Å². The highest BCUT2D eigenvalue weighted by molar-refractivity contribution is 5.60. The number of ether oxygens (including phenoxy) is 2. The predicted molar refractivity (Wildman–Crippen MR) is 64.6 cm³/mol. The van der Waals surface area contributed by atoms with E-state index in [1.54, 1.807) is 0 Å². The van der Waals surface area contributed by atoms with Gasteiger partial charge in [-0.2, -0.15) is 0 Å². The summed E-state index contributed by atoms with van der Waals surface area (Å²) >= 11 is 0. The van der Waals surface area contributed by atoms with E-state index in [-0.39, 0.29) is 6.10 Å². The molecule has 0 aliphatic carbocycles. The minimum Gasteiger partial charge on any atom is -0.434 e. The van der Waals surface area contributed by atoms with Crippen LogP contribution < -0.4 is 0 Å². The van der Waals surface area contributed by atoms with Crippen LogP contribution in [0.2, 0.25) is 0 Å². The second-order valence-corrected chi connectivity index (χ2v) is 3.90. The normalized spacial score (nSPS) is 10.9. The van der Waals surface area contributed by atoms with Crippen molar-refractivity contribution < 1.29 is 14.3 Å². The van der Waals surface area contributed by atoms with E-state index in [0.717, 1.165) is 32.4 Å². The molecule has 0 unspecified atom stereocenters. The first-order valence-electron chi connectivity index (χ1n) is 6.15. The second-order valence-electron chi connectivity index (χ2n) is 3.90. The van der Waals surface area contributed by atoms with Crippen molar-refractivity contribution in [2.75, 3.05) is 26.7 Å². The monoisotopic (exact) mass is 231 g/mol. The minimum absolute atomic E-state index is 0.00850. The molecule has 0 heterocycles. The van der Waals surface area contributed by atoms with Crippen molar-refractivity contribution in [1.82, 2.24) is 4.90 Å². The molecule has 0 atom stereocenters. The highest BCUT2D eigenvalue weighted by Crippen LogP contribution is 2.04. The number of carbonyl (C=O) groups excluding carboxylic acids is 1. The van der Waals surface area contributed by atoms with Gasteiger partial charge < -0.3 is 14.4 Å². The molecule has 0 spiro atoms. The summed E-state index contributed by atoms with van der Waals surface area (Å²) in [5, 5.41) is 0. The lowest BCUT2D eigenvalue weighted by atomic mass is 10.2. The zero-order valence-electron chi connectivity index (χ0n) is 11.0. The summed E-state index contributed by atoms with van der Waals surface area (Å²) in [5.41, 5.74) is 0. The fourth-order valence-electron chi connectivity index (χ4n) is 1.27. The lowest BCUT2D eigenvalue weighted by Crippen LogP contribution is -2.22. The molecule has 4 nitrogen and oxygen atoms in total. The summed E-state index contributed by atoms with van der Waals surface area (Å²) in [6.45, 7) is 8.48. The van der Waals surface area contributed by atoms with Gasteiger partial charge in [0.25, 0.3) is 0 Å². The fraction of sp³-hybridized carbons (Fsp3) is 0.917. The van der Waals surface area contributed by atoms with Gasteiger partial charge in [-0.1, -0.05) is 20.8 Å². The molecule has 0 N–H and O–H groups in total. The number of nitrogens with zero attached hydrogens (tertiary/aromatic N) is 1. The molecule has 4 heteroatoms. The summed E-state index contributed by atoms with van der Waals surface area (Å²) in [4.78, 5) is 13.4. The number of carbonyl (C=O) groups is 1. The van der Waals surface area contributed by atoms with Crippen molar-refractivity contribution >= 4 is 6.16 Å². The Morgan fingerprint density at radius 3 is 2.38 bits per heavy atom. The molecule has 0 saturated heterocycles. The van der Waals surface area contributed by atoms with E-state index in [1.807, 2.05) is 20.9 Å². The molecule has 0 aliphatic heterocycles. The smallest absolute Gasteiger partial charge is 0.434 e. The lowest BCUT2D eigenvalue weighted by molar-refractivity contribution is 0.0196. The van der Waals surface area contributed by atoms with Crippen LogP contribution in [0.15, 0.2) is 0 Å². The van der Waals surface area contributed by atoms with Crippen LogP contribution in [-0.2, 0) is 9.47 Å². The van der Waals surface area contributed by atoms with E-state index in [0.29, 0.717) is 6.61 Å². The average Bonchev–Trinajstić information content (AvgIpc) is 2.31. The molecule has 0 amide bonds. The van der Waals surface area contributed by atoms with Gasteiger partial charge >= 0.3 is 6.16 Å². The molecule has 96 valence electrons. The Hall–Kier alpha value is -0.770. The zero-order chi connectivity index (χ0) is 12.4. The van der Waals surface area contributed by atoms with Gasteiger partial charge in [0.15, 0.2) is 0 Å². The Labute approximate surface area is 98.9 Å². The second kappa shape index (κ2) is 9.46. The first kappa shape index (κ1) is 15.2. The summed E-state index contributed by atoms with van der Waals surface area (Å²) in [6.07, 6.45) is 1.98. The maximum absolute atomic E-state index is 11.2. The Balaban J connectivity index is 3.50. The first-order valence-corrected chi connectivity index (χ1v) is 6.15. The van der Waals surface area contributed by atoms with Crippen molar-refractivity contribution in [2.24, 2.45) is 0 Å². The quantitative estimate of drug-likeness (QED) is 0.475. The van der Waals surface area contributed by atoms with Crippen molar-refractivity contribution in [1.29, 1.82) is 0 Å². The van der Waals surface area contributed by atoms with E-state index in [9.17, 15) is 4.79 Å². The summed E-state index contributed by atoms with van der Waals surface area (Å²) in [5.74, 6) is 0. The molecular weight excluding hydrogens is 206 g/mol. The van der Waals surface area contributed by atoms with Crippen molar-refractivity contribution in [2.45, 2.75) is 46.1 Å². The molecule has 0 bridgehead atoms. The molecule has 0 rings (SSSR count). The Morgan fingerprint density at radius 2 is 1.88 bits per heavy atom. The predicted octanol–water partition coefficient (Wildman–Crippen LogP) is 2.67. The molecule has 0 aromatic heterocycles. The van der Waals surface area contributed by atoms with Gasteiger partial charge in [-0.25, -0.2) is 4.79 Å². The van der Waals surface area contributed by atoms with Crippen LogP contribution in [-0.4, -0.2) is 43.9 Å². The maximum Gasteiger partial charge on any atom is 0.508 e. The van der Waals surface area contributed by atoms with Crippen molar-refractivity contribution in [3.63, 3.8) is 0 Å². The van der Waals surface area contributed by atoms with E-state index in [1.165, 1.54) is 0 Å². The van der Waals surface area contributed by atoms with Gasteiger partial charge in [-0.05, 0) is 32.9 Å². The van der Waals surface area contributed by atoms with E-state index >= 15 is 0 Å². The molecule has 0 aromatic carbocycles. The average molecular weight is 231 g/mol. The molecule has 0 radical (unpaired) electrons. The van der Waals surface area contributed by atoms with Gasteiger partial charge in [0, 0.05) is 6.54 Å². The Kier molecular flexibility index (Phi) is 9.00. The highest BCUT2D eigenvalue weighted by atomic mass is 16.7. The van der Waals surface area contributed by atoms with Gasteiger partial charge in [0.2, 0.25) is 0 Å². The topological polar surface area (TPSA) is 38.8 Å².